The van der Waals surface area contributed by atoms with Gasteiger partial charge in [0.25, 0.3) is 0 Å². The predicted octanol–water partition coefficient (Wildman–Crippen LogP) is 2.38. The summed E-state index contributed by atoms with van der Waals surface area (Å²) in [5.74, 6) is 2.14. The molecule has 0 aliphatic rings. The maximum absolute atomic E-state index is 4.38. The fourth-order valence-corrected chi connectivity index (χ4v) is 2.14. The fourth-order valence-electron chi connectivity index (χ4n) is 2.14. The van der Waals surface area contributed by atoms with Gasteiger partial charge < -0.3 is 10.6 Å². The van der Waals surface area contributed by atoms with E-state index in [1.54, 1.807) is 11.0 Å². The lowest BCUT2D eigenvalue weighted by Crippen LogP contribution is -2.11. The molecule has 2 aromatic heterocycles. The van der Waals surface area contributed by atoms with Crippen LogP contribution in [-0.4, -0.2) is 26.3 Å². The lowest BCUT2D eigenvalue weighted by atomic mass is 10.0. The summed E-state index contributed by atoms with van der Waals surface area (Å²) < 4.78 is 1.80. The van der Waals surface area contributed by atoms with E-state index < -0.39 is 0 Å². The summed E-state index contributed by atoms with van der Waals surface area (Å²) in [6, 6.07) is 0. The van der Waals surface area contributed by atoms with Crippen molar-refractivity contribution in [1.29, 1.82) is 0 Å². The van der Waals surface area contributed by atoms with Crippen molar-refractivity contribution < 1.29 is 0 Å². The lowest BCUT2D eigenvalue weighted by Gasteiger charge is -2.17. The number of hydrogen-bond donors (Lipinski definition) is 2. The molecule has 0 spiro atoms. The number of aryl methyl sites for hydroxylation is 1. The van der Waals surface area contributed by atoms with Gasteiger partial charge >= 0.3 is 0 Å². The summed E-state index contributed by atoms with van der Waals surface area (Å²) in [4.78, 5) is 8.71. The first-order valence-corrected chi connectivity index (χ1v) is 6.92. The quantitative estimate of drug-likeness (QED) is 0.846. The second kappa shape index (κ2) is 6.36. The van der Waals surface area contributed by atoms with E-state index in [1.807, 2.05) is 19.4 Å². The zero-order valence-electron chi connectivity index (χ0n) is 12.5. The van der Waals surface area contributed by atoms with Crippen LogP contribution in [0.1, 0.15) is 37.8 Å². The molecule has 0 amide bonds. The molecule has 2 rings (SSSR count). The fraction of sp³-hybridized carbons (Fsp3) is 0.500. The molecule has 0 saturated heterocycles. The van der Waals surface area contributed by atoms with Gasteiger partial charge in [0.2, 0.25) is 0 Å². The van der Waals surface area contributed by atoms with Crippen molar-refractivity contribution in [2.75, 3.05) is 17.2 Å². The smallest absolute Gasteiger partial charge is 0.135 e. The van der Waals surface area contributed by atoms with Crippen molar-refractivity contribution in [3.8, 4) is 0 Å². The molecule has 0 saturated carbocycles. The summed E-state index contributed by atoms with van der Waals surface area (Å²) in [7, 11) is 1.91. The summed E-state index contributed by atoms with van der Waals surface area (Å²) in [5.41, 5.74) is 2.25. The Kier molecular flexibility index (Phi) is 4.55. The van der Waals surface area contributed by atoms with Crippen molar-refractivity contribution in [3.05, 3.63) is 29.8 Å². The minimum atomic E-state index is 0.349. The van der Waals surface area contributed by atoms with Gasteiger partial charge in [-0.15, -0.1) is 0 Å². The van der Waals surface area contributed by atoms with Gasteiger partial charge in [0.1, 0.15) is 18.0 Å². The maximum atomic E-state index is 4.38. The molecule has 20 heavy (non-hydrogen) atoms. The van der Waals surface area contributed by atoms with Crippen molar-refractivity contribution in [3.63, 3.8) is 0 Å². The Labute approximate surface area is 119 Å². The number of rotatable bonds is 6. The van der Waals surface area contributed by atoms with Crippen LogP contribution in [0.15, 0.2) is 18.7 Å². The zero-order valence-corrected chi connectivity index (χ0v) is 12.5. The van der Waals surface area contributed by atoms with E-state index in [9.17, 15) is 0 Å². The Morgan fingerprint density at radius 3 is 2.45 bits per heavy atom. The van der Waals surface area contributed by atoms with Crippen LogP contribution in [0.4, 0.5) is 11.6 Å². The second-order valence-electron chi connectivity index (χ2n) is 5.05. The molecule has 0 aliphatic carbocycles. The third-order valence-electron chi connectivity index (χ3n) is 3.02. The maximum Gasteiger partial charge on any atom is 0.135 e. The van der Waals surface area contributed by atoms with Gasteiger partial charge in [-0.25, -0.2) is 9.97 Å². The SMILES string of the molecule is CCNc1ncnc(NCc2cnn(C)c2)c1C(C)C. The molecular weight excluding hydrogens is 252 g/mol. The average Bonchev–Trinajstić information content (AvgIpc) is 2.82. The average molecular weight is 274 g/mol. The van der Waals surface area contributed by atoms with E-state index in [4.69, 9.17) is 0 Å². The summed E-state index contributed by atoms with van der Waals surface area (Å²) in [5, 5.41) is 10.8. The third-order valence-corrected chi connectivity index (χ3v) is 3.02. The predicted molar refractivity (Wildman–Crippen MR) is 80.8 cm³/mol. The zero-order chi connectivity index (χ0) is 14.5. The van der Waals surface area contributed by atoms with Crippen molar-refractivity contribution in [2.45, 2.75) is 33.2 Å². The molecule has 0 unspecified atom stereocenters. The highest BCUT2D eigenvalue weighted by atomic mass is 15.2. The van der Waals surface area contributed by atoms with Crippen LogP contribution in [-0.2, 0) is 13.6 Å². The minimum Gasteiger partial charge on any atom is -0.370 e. The molecule has 0 radical (unpaired) electrons. The second-order valence-corrected chi connectivity index (χ2v) is 5.05. The van der Waals surface area contributed by atoms with Crippen LogP contribution < -0.4 is 10.6 Å². The number of nitrogens with one attached hydrogen (secondary N) is 2. The molecule has 2 aromatic rings. The number of anilines is 2. The molecule has 0 aliphatic heterocycles. The molecule has 6 heteroatoms. The highest BCUT2D eigenvalue weighted by Gasteiger charge is 2.14. The molecule has 108 valence electrons. The summed E-state index contributed by atoms with van der Waals surface area (Å²) in [6.45, 7) is 7.91. The van der Waals surface area contributed by atoms with E-state index in [2.05, 4.69) is 46.5 Å². The molecule has 0 aromatic carbocycles. The first-order valence-electron chi connectivity index (χ1n) is 6.92. The van der Waals surface area contributed by atoms with Gasteiger partial charge in [-0.3, -0.25) is 4.68 Å². The molecule has 2 heterocycles. The molecule has 2 N–H and O–H groups in total. The minimum absolute atomic E-state index is 0.349. The molecular formula is C14H22N6. The summed E-state index contributed by atoms with van der Waals surface area (Å²) in [6.07, 6.45) is 5.44. The van der Waals surface area contributed by atoms with Crippen LogP contribution in [0.3, 0.4) is 0 Å². The molecule has 0 fully saturated rings. The van der Waals surface area contributed by atoms with Gasteiger partial charge in [-0.05, 0) is 12.8 Å². The van der Waals surface area contributed by atoms with Crippen molar-refractivity contribution in [2.24, 2.45) is 7.05 Å². The summed E-state index contributed by atoms with van der Waals surface area (Å²) >= 11 is 0. The normalized spacial score (nSPS) is 10.8. The number of aromatic nitrogens is 4. The van der Waals surface area contributed by atoms with Gasteiger partial charge in [0.05, 0.1) is 6.20 Å². The highest BCUT2D eigenvalue weighted by molar-refractivity contribution is 5.59. The lowest BCUT2D eigenvalue weighted by molar-refractivity contribution is 0.767. The third kappa shape index (κ3) is 3.26. The van der Waals surface area contributed by atoms with Gasteiger partial charge in [0, 0.05) is 37.5 Å². The van der Waals surface area contributed by atoms with Crippen LogP contribution in [0.5, 0.6) is 0 Å². The van der Waals surface area contributed by atoms with Gasteiger partial charge in [-0.1, -0.05) is 13.8 Å². The van der Waals surface area contributed by atoms with Crippen LogP contribution in [0.25, 0.3) is 0 Å². The van der Waals surface area contributed by atoms with E-state index in [0.29, 0.717) is 12.5 Å². The number of hydrogen-bond acceptors (Lipinski definition) is 5. The first-order chi connectivity index (χ1) is 9.61. The van der Waals surface area contributed by atoms with Crippen LogP contribution >= 0.6 is 0 Å². The highest BCUT2D eigenvalue weighted by Crippen LogP contribution is 2.28. The largest absolute Gasteiger partial charge is 0.370 e. The van der Waals surface area contributed by atoms with Crippen molar-refractivity contribution >= 4 is 11.6 Å². The van der Waals surface area contributed by atoms with Crippen molar-refractivity contribution in [1.82, 2.24) is 19.7 Å². The van der Waals surface area contributed by atoms with Gasteiger partial charge in [-0.2, -0.15) is 5.10 Å². The number of nitrogens with zero attached hydrogens (tertiary/aromatic N) is 4. The Hall–Kier alpha value is -2.11. The standard InChI is InChI=1S/C14H22N6/c1-5-15-13-12(10(2)3)14(18-9-17-13)16-6-11-7-19-20(4)8-11/h7-10H,5-6H2,1-4H3,(H2,15,16,17,18). The molecule has 0 bridgehead atoms. The topological polar surface area (TPSA) is 67.7 Å². The van der Waals surface area contributed by atoms with E-state index >= 15 is 0 Å². The Morgan fingerprint density at radius 1 is 1.20 bits per heavy atom. The first kappa shape index (κ1) is 14.3. The molecule has 0 atom stereocenters. The van der Waals surface area contributed by atoms with Gasteiger partial charge in [0.15, 0.2) is 0 Å². The van der Waals surface area contributed by atoms with Crippen LogP contribution in [0, 0.1) is 0 Å². The Balaban J connectivity index is 2.19. The molecule has 6 nitrogen and oxygen atoms in total. The van der Waals surface area contributed by atoms with E-state index in [0.717, 1.165) is 29.3 Å². The van der Waals surface area contributed by atoms with E-state index in [-0.39, 0.29) is 0 Å². The van der Waals surface area contributed by atoms with Crippen LogP contribution in [0.2, 0.25) is 0 Å². The Bertz CT molecular complexity index is 561. The van der Waals surface area contributed by atoms with E-state index in [1.165, 1.54) is 0 Å². The Morgan fingerprint density at radius 2 is 1.90 bits per heavy atom. The monoisotopic (exact) mass is 274 g/mol.